The van der Waals surface area contributed by atoms with Gasteiger partial charge in [0.1, 0.15) is 5.65 Å². The normalized spacial score (nSPS) is 12.1. The zero-order chi connectivity index (χ0) is 19.7. The summed E-state index contributed by atoms with van der Waals surface area (Å²) in [6, 6.07) is 13.8. The Morgan fingerprint density at radius 2 is 1.86 bits per heavy atom. The molecule has 28 heavy (non-hydrogen) atoms. The van der Waals surface area contributed by atoms with E-state index in [0.717, 1.165) is 28.1 Å². The van der Waals surface area contributed by atoms with E-state index in [9.17, 15) is 4.79 Å². The van der Waals surface area contributed by atoms with Gasteiger partial charge in [-0.25, -0.2) is 4.98 Å². The number of fused-ring (bicyclic) bond motifs is 1. The average molecular weight is 371 g/mol. The summed E-state index contributed by atoms with van der Waals surface area (Å²) in [7, 11) is 0. The predicted molar refractivity (Wildman–Crippen MR) is 110 cm³/mol. The number of benzene rings is 1. The van der Waals surface area contributed by atoms with E-state index in [1.807, 2.05) is 56.3 Å². The van der Waals surface area contributed by atoms with E-state index in [-0.39, 0.29) is 11.6 Å². The number of anilines is 1. The van der Waals surface area contributed by atoms with Crippen molar-refractivity contribution in [1.29, 1.82) is 0 Å². The molecule has 1 N–H and O–H groups in total. The van der Waals surface area contributed by atoms with Crippen LogP contribution in [0.25, 0.3) is 16.8 Å². The number of para-hydroxylation sites is 1. The summed E-state index contributed by atoms with van der Waals surface area (Å²) in [5.41, 5.74) is 6.06. The third-order valence-electron chi connectivity index (χ3n) is 5.01. The van der Waals surface area contributed by atoms with Crippen molar-refractivity contribution in [1.82, 2.24) is 19.6 Å². The van der Waals surface area contributed by atoms with Crippen LogP contribution in [0.3, 0.4) is 0 Å². The lowest BCUT2D eigenvalue weighted by Crippen LogP contribution is -2.21. The van der Waals surface area contributed by atoms with Crippen molar-refractivity contribution in [2.24, 2.45) is 0 Å². The van der Waals surface area contributed by atoms with Gasteiger partial charge in [-0.2, -0.15) is 10.2 Å². The molecule has 1 unspecified atom stereocenters. The van der Waals surface area contributed by atoms with Crippen LogP contribution in [0.4, 0.5) is 5.69 Å². The maximum absolute atomic E-state index is 12.6. The van der Waals surface area contributed by atoms with Crippen LogP contribution in [0.5, 0.6) is 0 Å². The van der Waals surface area contributed by atoms with Gasteiger partial charge in [-0.1, -0.05) is 24.3 Å². The van der Waals surface area contributed by atoms with Gasteiger partial charge in [-0.3, -0.25) is 9.20 Å². The van der Waals surface area contributed by atoms with Gasteiger partial charge in [-0.15, -0.1) is 0 Å². The molecule has 3 heterocycles. The highest BCUT2D eigenvalue weighted by Crippen LogP contribution is 2.30. The first-order chi connectivity index (χ1) is 13.6. The van der Waals surface area contributed by atoms with Crippen molar-refractivity contribution in [2.75, 3.05) is 5.32 Å². The van der Waals surface area contributed by atoms with E-state index in [0.29, 0.717) is 11.2 Å². The Morgan fingerprint density at radius 1 is 1.04 bits per heavy atom. The number of aromatic nitrogens is 4. The van der Waals surface area contributed by atoms with Gasteiger partial charge in [0.15, 0.2) is 0 Å². The van der Waals surface area contributed by atoms with Crippen LogP contribution in [-0.2, 0) is 0 Å². The zero-order valence-electron chi connectivity index (χ0n) is 16.0. The Hall–Kier alpha value is -3.54. The summed E-state index contributed by atoms with van der Waals surface area (Å²) in [6.07, 6.45) is 5.20. The van der Waals surface area contributed by atoms with E-state index in [2.05, 4.69) is 27.4 Å². The highest BCUT2D eigenvalue weighted by molar-refractivity contribution is 5.77. The van der Waals surface area contributed by atoms with Gasteiger partial charge in [0.25, 0.3) is 5.56 Å². The lowest BCUT2D eigenvalue weighted by molar-refractivity contribution is 0.862. The molecule has 0 amide bonds. The van der Waals surface area contributed by atoms with Crippen molar-refractivity contribution in [3.8, 4) is 11.1 Å². The largest absolute Gasteiger partial charge is 0.378 e. The summed E-state index contributed by atoms with van der Waals surface area (Å²) in [5.74, 6) is 0. The molecule has 140 valence electrons. The number of hydrogen-bond acceptors (Lipinski definition) is 5. The molecular weight excluding hydrogens is 350 g/mol. The van der Waals surface area contributed by atoms with Crippen molar-refractivity contribution in [2.45, 2.75) is 26.8 Å². The number of nitrogens with zero attached hydrogens (tertiary/aromatic N) is 4. The molecule has 4 aromatic rings. The maximum atomic E-state index is 12.6. The molecule has 0 fully saturated rings. The van der Waals surface area contributed by atoms with Crippen molar-refractivity contribution >= 4 is 11.3 Å². The minimum Gasteiger partial charge on any atom is -0.378 e. The van der Waals surface area contributed by atoms with Gasteiger partial charge in [0.05, 0.1) is 18.4 Å². The molecule has 6 heteroatoms. The summed E-state index contributed by atoms with van der Waals surface area (Å²) in [6.45, 7) is 5.75. The van der Waals surface area contributed by atoms with Crippen molar-refractivity contribution < 1.29 is 0 Å². The Bertz CT molecular complexity index is 1200. The minimum absolute atomic E-state index is 0.0280. The first kappa shape index (κ1) is 17.9. The highest BCUT2D eigenvalue weighted by atomic mass is 16.1. The second-order valence-electron chi connectivity index (χ2n) is 6.83. The molecule has 0 saturated heterocycles. The van der Waals surface area contributed by atoms with Gasteiger partial charge in [-0.05, 0) is 39.0 Å². The van der Waals surface area contributed by atoms with Crippen LogP contribution < -0.4 is 10.9 Å². The second-order valence-corrected chi connectivity index (χ2v) is 6.83. The SMILES string of the molecule is Cc1nc2c(C(C)Nc3ccccc3-c3ccnnc3)cccn2c(=O)c1C. The Kier molecular flexibility index (Phi) is 4.61. The van der Waals surface area contributed by atoms with Gasteiger partial charge in [0, 0.05) is 39.8 Å². The van der Waals surface area contributed by atoms with E-state index in [4.69, 9.17) is 0 Å². The molecule has 4 rings (SSSR count). The topological polar surface area (TPSA) is 72.2 Å². The molecule has 0 bridgehead atoms. The first-order valence-electron chi connectivity index (χ1n) is 9.17. The number of nitrogens with one attached hydrogen (secondary N) is 1. The van der Waals surface area contributed by atoms with Gasteiger partial charge in [0.2, 0.25) is 0 Å². The van der Waals surface area contributed by atoms with E-state index < -0.39 is 0 Å². The molecule has 3 aromatic heterocycles. The third-order valence-corrected chi connectivity index (χ3v) is 5.01. The predicted octanol–water partition coefficient (Wildman–Crippen LogP) is 3.94. The van der Waals surface area contributed by atoms with Crippen LogP contribution in [0.2, 0.25) is 0 Å². The maximum Gasteiger partial charge on any atom is 0.261 e. The van der Waals surface area contributed by atoms with Crippen LogP contribution in [0, 0.1) is 13.8 Å². The fraction of sp³-hybridized carbons (Fsp3) is 0.182. The molecular formula is C22H21N5O. The van der Waals surface area contributed by atoms with E-state index >= 15 is 0 Å². The van der Waals surface area contributed by atoms with Crippen molar-refractivity contribution in [3.63, 3.8) is 0 Å². The molecule has 0 saturated carbocycles. The first-order valence-corrected chi connectivity index (χ1v) is 9.17. The fourth-order valence-electron chi connectivity index (χ4n) is 3.34. The smallest absolute Gasteiger partial charge is 0.261 e. The molecule has 0 aliphatic carbocycles. The lowest BCUT2D eigenvalue weighted by Gasteiger charge is -2.20. The number of hydrogen-bond donors (Lipinski definition) is 1. The summed E-state index contributed by atoms with van der Waals surface area (Å²) in [5, 5.41) is 11.4. The Morgan fingerprint density at radius 3 is 2.64 bits per heavy atom. The minimum atomic E-state index is -0.0545. The van der Waals surface area contributed by atoms with Crippen molar-refractivity contribution in [3.05, 3.63) is 88.2 Å². The van der Waals surface area contributed by atoms with Crippen LogP contribution in [0.15, 0.2) is 65.8 Å². The van der Waals surface area contributed by atoms with Crippen LogP contribution in [-0.4, -0.2) is 19.6 Å². The second kappa shape index (κ2) is 7.23. The molecule has 6 nitrogen and oxygen atoms in total. The van der Waals surface area contributed by atoms with E-state index in [1.165, 1.54) is 0 Å². The Labute approximate surface area is 162 Å². The molecule has 0 aliphatic rings. The summed E-state index contributed by atoms with van der Waals surface area (Å²) in [4.78, 5) is 17.3. The molecule has 0 aliphatic heterocycles. The number of aryl methyl sites for hydroxylation is 1. The average Bonchev–Trinajstić information content (AvgIpc) is 2.73. The van der Waals surface area contributed by atoms with Gasteiger partial charge < -0.3 is 5.32 Å². The molecule has 0 spiro atoms. The van der Waals surface area contributed by atoms with E-state index in [1.54, 1.807) is 23.0 Å². The summed E-state index contributed by atoms with van der Waals surface area (Å²) < 4.78 is 1.62. The van der Waals surface area contributed by atoms with Crippen LogP contribution in [0.1, 0.15) is 29.8 Å². The fourth-order valence-corrected chi connectivity index (χ4v) is 3.34. The molecule has 1 atom stereocenters. The lowest BCUT2D eigenvalue weighted by atomic mass is 10.0. The van der Waals surface area contributed by atoms with Gasteiger partial charge >= 0.3 is 0 Å². The standard InChI is InChI=1S/C22H21N5O/c1-14-15(2)26-21-18(8-6-12-27(21)22(14)28)16(3)25-20-9-5-4-7-19(20)17-10-11-23-24-13-17/h4-13,16,25H,1-3H3. The van der Waals surface area contributed by atoms with Crippen LogP contribution >= 0.6 is 0 Å². The number of pyridine rings is 1. The Balaban J connectivity index is 1.77. The summed E-state index contributed by atoms with van der Waals surface area (Å²) >= 11 is 0. The quantitative estimate of drug-likeness (QED) is 0.588. The highest BCUT2D eigenvalue weighted by Gasteiger charge is 2.15. The molecule has 1 aromatic carbocycles. The third kappa shape index (κ3) is 3.13. The number of rotatable bonds is 4. The molecule has 0 radical (unpaired) electrons. The zero-order valence-corrected chi connectivity index (χ0v) is 16.0. The monoisotopic (exact) mass is 371 g/mol.